The van der Waals surface area contributed by atoms with Crippen molar-refractivity contribution in [2.45, 2.75) is 26.2 Å². The van der Waals surface area contributed by atoms with Crippen molar-refractivity contribution in [3.63, 3.8) is 0 Å². The molecule has 3 nitrogen and oxygen atoms in total. The summed E-state index contributed by atoms with van der Waals surface area (Å²) >= 11 is 3.53. The first-order chi connectivity index (χ1) is 8.31. The summed E-state index contributed by atoms with van der Waals surface area (Å²) in [6.07, 6.45) is 5.44. The molecule has 0 atom stereocenters. The molecule has 1 N–H and O–H groups in total. The van der Waals surface area contributed by atoms with Crippen molar-refractivity contribution in [3.05, 3.63) is 22.4 Å². The van der Waals surface area contributed by atoms with Gasteiger partial charge in [0.05, 0.1) is 11.9 Å². The number of nitrogens with one attached hydrogen (secondary N) is 1. The number of halogens is 1. The molecule has 0 amide bonds. The molecule has 0 aliphatic carbocycles. The minimum absolute atomic E-state index is 0.996. The van der Waals surface area contributed by atoms with Gasteiger partial charge in [0.15, 0.2) is 0 Å². The summed E-state index contributed by atoms with van der Waals surface area (Å²) in [7, 11) is 0. The van der Waals surface area contributed by atoms with Gasteiger partial charge in [-0.2, -0.15) is 0 Å². The molecule has 1 saturated heterocycles. The second kappa shape index (κ2) is 6.36. The summed E-state index contributed by atoms with van der Waals surface area (Å²) in [5.41, 5.74) is 2.59. The molecular formula is C13H20BrN3. The molecule has 1 aromatic rings. The Kier molecular flexibility index (Phi) is 4.80. The number of anilines is 1. The average Bonchev–Trinajstić information content (AvgIpc) is 2.61. The van der Waals surface area contributed by atoms with Gasteiger partial charge in [0.2, 0.25) is 0 Å². The first-order valence-corrected chi connectivity index (χ1v) is 7.20. The molecule has 2 rings (SSSR count). The van der Waals surface area contributed by atoms with Gasteiger partial charge in [0.1, 0.15) is 4.60 Å². The maximum Gasteiger partial charge on any atom is 0.109 e. The van der Waals surface area contributed by atoms with Crippen molar-refractivity contribution >= 4 is 21.6 Å². The van der Waals surface area contributed by atoms with E-state index in [0.29, 0.717) is 0 Å². The average molecular weight is 298 g/mol. The van der Waals surface area contributed by atoms with Gasteiger partial charge in [-0.25, -0.2) is 4.98 Å². The monoisotopic (exact) mass is 297 g/mol. The third-order valence-corrected chi connectivity index (χ3v) is 3.84. The lowest BCUT2D eigenvalue weighted by Crippen LogP contribution is -2.28. The molecule has 2 heterocycles. The largest absolute Gasteiger partial charge is 0.369 e. The first kappa shape index (κ1) is 12.8. The van der Waals surface area contributed by atoms with Crippen LogP contribution in [0.4, 0.5) is 5.69 Å². The summed E-state index contributed by atoms with van der Waals surface area (Å²) in [5.74, 6) is 0. The van der Waals surface area contributed by atoms with E-state index in [0.717, 1.165) is 43.6 Å². The Hall–Kier alpha value is -0.610. The minimum atomic E-state index is 0.996. The van der Waals surface area contributed by atoms with Crippen LogP contribution in [0.15, 0.2) is 16.9 Å². The van der Waals surface area contributed by atoms with Gasteiger partial charge in [0.25, 0.3) is 0 Å². The highest BCUT2D eigenvalue weighted by molar-refractivity contribution is 9.10. The second-order valence-corrected chi connectivity index (χ2v) is 5.24. The van der Waals surface area contributed by atoms with Gasteiger partial charge < -0.3 is 10.2 Å². The van der Waals surface area contributed by atoms with Crippen LogP contribution in [-0.2, 0) is 6.42 Å². The Morgan fingerprint density at radius 3 is 3.12 bits per heavy atom. The zero-order chi connectivity index (χ0) is 12.1. The number of rotatable bonds is 3. The number of aromatic nitrogens is 1. The molecule has 1 fully saturated rings. The van der Waals surface area contributed by atoms with E-state index in [9.17, 15) is 0 Å². The van der Waals surface area contributed by atoms with Crippen molar-refractivity contribution in [1.82, 2.24) is 10.3 Å². The van der Waals surface area contributed by atoms with Gasteiger partial charge in [-0.15, -0.1) is 0 Å². The lowest BCUT2D eigenvalue weighted by Gasteiger charge is -2.22. The van der Waals surface area contributed by atoms with Crippen LogP contribution in [0.2, 0.25) is 0 Å². The fourth-order valence-corrected chi connectivity index (χ4v) is 2.62. The quantitative estimate of drug-likeness (QED) is 0.869. The molecule has 17 heavy (non-hydrogen) atoms. The van der Waals surface area contributed by atoms with E-state index in [1.54, 1.807) is 0 Å². The van der Waals surface area contributed by atoms with Crippen molar-refractivity contribution in [1.29, 1.82) is 0 Å². The third-order valence-electron chi connectivity index (χ3n) is 3.12. The predicted octanol–water partition coefficient (Wildman–Crippen LogP) is 2.60. The fourth-order valence-electron chi connectivity index (χ4n) is 2.20. The molecule has 0 aromatic carbocycles. The maximum absolute atomic E-state index is 4.46. The summed E-state index contributed by atoms with van der Waals surface area (Å²) in [4.78, 5) is 6.89. The number of pyridine rings is 1. The zero-order valence-corrected chi connectivity index (χ0v) is 12.0. The lowest BCUT2D eigenvalue weighted by molar-refractivity contribution is 0.724. The van der Waals surface area contributed by atoms with Crippen LogP contribution in [0, 0.1) is 0 Å². The van der Waals surface area contributed by atoms with E-state index >= 15 is 0 Å². The maximum atomic E-state index is 4.46. The molecule has 0 spiro atoms. The Labute approximate surface area is 112 Å². The molecule has 1 aliphatic rings. The van der Waals surface area contributed by atoms with Gasteiger partial charge in [-0.05, 0) is 46.9 Å². The topological polar surface area (TPSA) is 28.2 Å². The van der Waals surface area contributed by atoms with Crippen molar-refractivity contribution in [2.24, 2.45) is 0 Å². The van der Waals surface area contributed by atoms with E-state index in [1.807, 2.05) is 6.20 Å². The van der Waals surface area contributed by atoms with Crippen LogP contribution in [0.3, 0.4) is 0 Å². The van der Waals surface area contributed by atoms with Crippen LogP contribution in [-0.4, -0.2) is 31.2 Å². The molecule has 1 aromatic heterocycles. The smallest absolute Gasteiger partial charge is 0.109 e. The minimum Gasteiger partial charge on any atom is -0.369 e. The summed E-state index contributed by atoms with van der Waals surface area (Å²) < 4.78 is 0.996. The normalized spacial score (nSPS) is 16.9. The Morgan fingerprint density at radius 1 is 1.41 bits per heavy atom. The van der Waals surface area contributed by atoms with Crippen LogP contribution >= 0.6 is 15.9 Å². The third kappa shape index (κ3) is 3.42. The van der Waals surface area contributed by atoms with Gasteiger partial charge in [0, 0.05) is 19.6 Å². The molecular weight excluding hydrogens is 278 g/mol. The van der Waals surface area contributed by atoms with E-state index in [4.69, 9.17) is 0 Å². The fraction of sp³-hybridized carbons (Fsp3) is 0.615. The Balaban J connectivity index is 2.16. The number of nitrogens with zero attached hydrogens (tertiary/aromatic N) is 2. The van der Waals surface area contributed by atoms with Crippen LogP contribution < -0.4 is 10.2 Å². The van der Waals surface area contributed by atoms with E-state index in [2.05, 4.69) is 44.1 Å². The Morgan fingerprint density at radius 2 is 2.29 bits per heavy atom. The van der Waals surface area contributed by atoms with E-state index < -0.39 is 0 Å². The zero-order valence-electron chi connectivity index (χ0n) is 10.4. The first-order valence-electron chi connectivity index (χ1n) is 6.41. The predicted molar refractivity (Wildman–Crippen MR) is 75.6 cm³/mol. The molecule has 94 valence electrons. The summed E-state index contributed by atoms with van der Waals surface area (Å²) in [6.45, 7) is 6.60. The standard InChI is InChI=1S/C13H20BrN3/c1-2-4-11-9-12(10-16-13(11)14)17-7-3-5-15-6-8-17/h9-10,15H,2-8H2,1H3. The number of aryl methyl sites for hydroxylation is 1. The number of hydrogen-bond donors (Lipinski definition) is 1. The van der Waals surface area contributed by atoms with E-state index in [1.165, 1.54) is 17.7 Å². The molecule has 0 unspecified atom stereocenters. The highest BCUT2D eigenvalue weighted by Crippen LogP contribution is 2.22. The molecule has 1 aliphatic heterocycles. The summed E-state index contributed by atoms with van der Waals surface area (Å²) in [5, 5.41) is 3.43. The van der Waals surface area contributed by atoms with Gasteiger partial charge in [-0.1, -0.05) is 13.3 Å². The molecule has 0 bridgehead atoms. The Bertz CT molecular complexity index is 360. The van der Waals surface area contributed by atoms with Crippen LogP contribution in [0.1, 0.15) is 25.3 Å². The molecule has 0 saturated carbocycles. The second-order valence-electron chi connectivity index (χ2n) is 4.48. The van der Waals surface area contributed by atoms with Crippen molar-refractivity contribution in [3.8, 4) is 0 Å². The van der Waals surface area contributed by atoms with Crippen LogP contribution in [0.5, 0.6) is 0 Å². The van der Waals surface area contributed by atoms with Crippen LogP contribution in [0.25, 0.3) is 0 Å². The highest BCUT2D eigenvalue weighted by atomic mass is 79.9. The summed E-state index contributed by atoms with van der Waals surface area (Å²) in [6, 6.07) is 2.28. The van der Waals surface area contributed by atoms with Crippen molar-refractivity contribution < 1.29 is 0 Å². The highest BCUT2D eigenvalue weighted by Gasteiger charge is 2.11. The number of hydrogen-bond acceptors (Lipinski definition) is 3. The van der Waals surface area contributed by atoms with Crippen molar-refractivity contribution in [2.75, 3.05) is 31.1 Å². The molecule has 0 radical (unpaired) electrons. The SMILES string of the molecule is CCCc1cc(N2CCCNCC2)cnc1Br. The van der Waals surface area contributed by atoms with Gasteiger partial charge in [-0.3, -0.25) is 0 Å². The molecule has 4 heteroatoms. The van der Waals surface area contributed by atoms with Gasteiger partial charge >= 0.3 is 0 Å². The lowest BCUT2D eigenvalue weighted by atomic mass is 10.1. The van der Waals surface area contributed by atoms with E-state index in [-0.39, 0.29) is 0 Å².